The number of likely N-dealkylation sites (tertiary alicyclic amines) is 1. The van der Waals surface area contributed by atoms with Crippen molar-refractivity contribution in [2.45, 2.75) is 66.7 Å². The van der Waals surface area contributed by atoms with Crippen LogP contribution in [0.2, 0.25) is 5.02 Å². The van der Waals surface area contributed by atoms with E-state index in [-0.39, 0.29) is 17.4 Å². The molecule has 1 aliphatic heterocycles. The zero-order valence-electron chi connectivity index (χ0n) is 25.2. The number of aryl methyl sites for hydroxylation is 2. The Hall–Kier alpha value is -3.22. The van der Waals surface area contributed by atoms with Crippen LogP contribution in [0.5, 0.6) is 0 Å². The van der Waals surface area contributed by atoms with Crippen molar-refractivity contribution in [2.24, 2.45) is 11.8 Å². The van der Waals surface area contributed by atoms with Gasteiger partial charge in [-0.25, -0.2) is 4.98 Å². The van der Waals surface area contributed by atoms with E-state index < -0.39 is 0 Å². The van der Waals surface area contributed by atoms with Crippen LogP contribution in [0.15, 0.2) is 58.7 Å². The monoisotopic (exact) mass is 601 g/mol. The van der Waals surface area contributed by atoms with Crippen LogP contribution in [-0.4, -0.2) is 33.4 Å². The highest BCUT2D eigenvalue weighted by Crippen LogP contribution is 2.32. The van der Waals surface area contributed by atoms with Gasteiger partial charge in [-0.05, 0) is 73.3 Å². The van der Waals surface area contributed by atoms with E-state index >= 15 is 0 Å². The standard InChI is InChI=1S/C35H40ClN3O2S/c1-6-24-11-8-12-25(7-2)32(24)39-31(18-22(3)4)28(34(40)38-17-9-10-23(5)20-38)19-29(35(39)41)33-37-30(21-42-33)26-13-15-27(36)16-14-26/h8,11-16,19,21-23H,6-7,9-10,17-18,20H2,1-5H3/t23-/m0/s1. The summed E-state index contributed by atoms with van der Waals surface area (Å²) in [6.45, 7) is 12.2. The molecule has 0 bridgehead atoms. The molecular formula is C35H40ClN3O2S. The molecule has 1 amide bonds. The SMILES string of the molecule is CCc1cccc(CC)c1-n1c(CC(C)C)c(C(=O)N2CCC[C@H](C)C2)cc(-c2nc(-c3ccc(Cl)cc3)cs2)c1=O. The van der Waals surface area contributed by atoms with Gasteiger partial charge in [0.15, 0.2) is 0 Å². The number of hydrogen-bond donors (Lipinski definition) is 0. The molecule has 5 rings (SSSR count). The highest BCUT2D eigenvalue weighted by Gasteiger charge is 2.29. The Morgan fingerprint density at radius 1 is 1.10 bits per heavy atom. The van der Waals surface area contributed by atoms with E-state index in [0.29, 0.717) is 33.5 Å². The topological polar surface area (TPSA) is 55.2 Å². The normalized spacial score (nSPS) is 15.4. The maximum Gasteiger partial charge on any atom is 0.265 e. The number of para-hydroxylation sites is 1. The molecule has 5 nitrogen and oxygen atoms in total. The molecule has 2 aromatic heterocycles. The number of piperidine rings is 1. The smallest absolute Gasteiger partial charge is 0.265 e. The van der Waals surface area contributed by atoms with Gasteiger partial charge >= 0.3 is 0 Å². The van der Waals surface area contributed by atoms with E-state index in [0.717, 1.165) is 72.5 Å². The number of benzene rings is 2. The molecular weight excluding hydrogens is 562 g/mol. The fraction of sp³-hybridized carbons (Fsp3) is 0.400. The second-order valence-electron chi connectivity index (χ2n) is 11.8. The van der Waals surface area contributed by atoms with E-state index in [1.807, 2.05) is 45.2 Å². The molecule has 0 unspecified atom stereocenters. The minimum atomic E-state index is -0.123. The number of aromatic nitrogens is 2. The predicted octanol–water partition coefficient (Wildman–Crippen LogP) is 8.48. The maximum absolute atomic E-state index is 14.7. The minimum absolute atomic E-state index is 0.00806. The molecule has 1 atom stereocenters. The predicted molar refractivity (Wildman–Crippen MR) is 175 cm³/mol. The lowest BCUT2D eigenvalue weighted by Gasteiger charge is -2.32. The van der Waals surface area contributed by atoms with E-state index in [2.05, 4.69) is 52.8 Å². The number of rotatable bonds is 8. The molecule has 0 saturated carbocycles. The van der Waals surface area contributed by atoms with Crippen LogP contribution in [-0.2, 0) is 19.3 Å². The zero-order valence-corrected chi connectivity index (χ0v) is 26.8. The lowest BCUT2D eigenvalue weighted by Crippen LogP contribution is -2.40. The Balaban J connectivity index is 1.79. The van der Waals surface area contributed by atoms with E-state index in [4.69, 9.17) is 16.6 Å². The van der Waals surface area contributed by atoms with Crippen LogP contribution < -0.4 is 5.56 Å². The van der Waals surface area contributed by atoms with Crippen molar-refractivity contribution in [3.8, 4) is 27.5 Å². The fourth-order valence-electron chi connectivity index (χ4n) is 6.01. The first kappa shape index (κ1) is 30.2. The summed E-state index contributed by atoms with van der Waals surface area (Å²) >= 11 is 7.55. The van der Waals surface area contributed by atoms with Crippen molar-refractivity contribution >= 4 is 28.8 Å². The quantitative estimate of drug-likeness (QED) is 0.203. The number of thiazole rings is 1. The van der Waals surface area contributed by atoms with E-state index in [1.165, 1.54) is 11.3 Å². The van der Waals surface area contributed by atoms with Gasteiger partial charge < -0.3 is 4.90 Å². The molecule has 3 heterocycles. The van der Waals surface area contributed by atoms with Crippen molar-refractivity contribution in [1.82, 2.24) is 14.5 Å². The maximum atomic E-state index is 14.7. The Bertz CT molecular complexity index is 1610. The molecule has 4 aromatic rings. The molecule has 0 N–H and O–H groups in total. The molecule has 220 valence electrons. The molecule has 0 spiro atoms. The molecule has 7 heteroatoms. The molecule has 42 heavy (non-hydrogen) atoms. The van der Waals surface area contributed by atoms with Crippen molar-refractivity contribution in [3.05, 3.63) is 91.7 Å². The van der Waals surface area contributed by atoms with Gasteiger partial charge in [0, 0.05) is 34.7 Å². The first-order chi connectivity index (χ1) is 20.2. The van der Waals surface area contributed by atoms with Crippen LogP contribution >= 0.6 is 22.9 Å². The second-order valence-corrected chi connectivity index (χ2v) is 13.1. The largest absolute Gasteiger partial charge is 0.338 e. The van der Waals surface area contributed by atoms with Gasteiger partial charge in [0.25, 0.3) is 11.5 Å². The number of halogens is 1. The van der Waals surface area contributed by atoms with Crippen molar-refractivity contribution < 1.29 is 4.79 Å². The summed E-state index contributed by atoms with van der Waals surface area (Å²) in [7, 11) is 0. The summed E-state index contributed by atoms with van der Waals surface area (Å²) in [4.78, 5) is 36.0. The lowest BCUT2D eigenvalue weighted by atomic mass is 9.95. The summed E-state index contributed by atoms with van der Waals surface area (Å²) in [6, 6.07) is 15.7. The van der Waals surface area contributed by atoms with E-state index in [9.17, 15) is 9.59 Å². The van der Waals surface area contributed by atoms with Gasteiger partial charge in [-0.2, -0.15) is 0 Å². The number of hydrogen-bond acceptors (Lipinski definition) is 4. The van der Waals surface area contributed by atoms with Gasteiger partial charge in [0.1, 0.15) is 5.01 Å². The summed E-state index contributed by atoms with van der Waals surface area (Å²) in [5.41, 5.74) is 6.59. The Kier molecular flexibility index (Phi) is 9.34. The Morgan fingerprint density at radius 2 is 1.79 bits per heavy atom. The summed E-state index contributed by atoms with van der Waals surface area (Å²) in [6.07, 6.45) is 4.31. The lowest BCUT2D eigenvalue weighted by molar-refractivity contribution is 0.0681. The summed E-state index contributed by atoms with van der Waals surface area (Å²) < 4.78 is 1.87. The van der Waals surface area contributed by atoms with E-state index in [1.54, 1.807) is 0 Å². The third kappa shape index (κ3) is 6.11. The van der Waals surface area contributed by atoms with Gasteiger partial charge in [0.05, 0.1) is 22.5 Å². The van der Waals surface area contributed by atoms with Crippen LogP contribution in [0.25, 0.3) is 27.5 Å². The van der Waals surface area contributed by atoms with Gasteiger partial charge in [-0.15, -0.1) is 11.3 Å². The number of carbonyl (C=O) groups excluding carboxylic acids is 1. The third-order valence-corrected chi connectivity index (χ3v) is 9.27. The molecule has 2 aromatic carbocycles. The second kappa shape index (κ2) is 13.0. The number of pyridine rings is 1. The molecule has 1 aliphatic rings. The number of carbonyl (C=O) groups is 1. The van der Waals surface area contributed by atoms with Gasteiger partial charge in [-0.1, -0.05) is 76.6 Å². The molecule has 0 aliphatic carbocycles. The highest BCUT2D eigenvalue weighted by atomic mass is 35.5. The summed E-state index contributed by atoms with van der Waals surface area (Å²) in [5, 5.41) is 3.24. The Morgan fingerprint density at radius 3 is 2.40 bits per heavy atom. The first-order valence-electron chi connectivity index (χ1n) is 15.1. The minimum Gasteiger partial charge on any atom is -0.338 e. The summed E-state index contributed by atoms with van der Waals surface area (Å²) in [5.74, 6) is 0.715. The highest BCUT2D eigenvalue weighted by molar-refractivity contribution is 7.13. The molecule has 1 fully saturated rings. The van der Waals surface area contributed by atoms with Crippen LogP contribution in [0.1, 0.15) is 74.6 Å². The average Bonchev–Trinajstić information content (AvgIpc) is 3.47. The van der Waals surface area contributed by atoms with Crippen molar-refractivity contribution in [1.29, 1.82) is 0 Å². The van der Waals surface area contributed by atoms with Crippen molar-refractivity contribution in [2.75, 3.05) is 13.1 Å². The fourth-order valence-corrected chi connectivity index (χ4v) is 6.98. The number of amides is 1. The van der Waals surface area contributed by atoms with Gasteiger partial charge in [-0.3, -0.25) is 14.2 Å². The van der Waals surface area contributed by atoms with Crippen LogP contribution in [0.3, 0.4) is 0 Å². The third-order valence-electron chi connectivity index (χ3n) is 8.14. The average molecular weight is 602 g/mol. The van der Waals surface area contributed by atoms with Crippen LogP contribution in [0, 0.1) is 11.8 Å². The van der Waals surface area contributed by atoms with Crippen LogP contribution in [0.4, 0.5) is 0 Å². The zero-order chi connectivity index (χ0) is 30.0. The first-order valence-corrected chi connectivity index (χ1v) is 16.4. The Labute approximate surface area is 258 Å². The van der Waals surface area contributed by atoms with Gasteiger partial charge in [0.2, 0.25) is 0 Å². The number of nitrogens with zero attached hydrogens (tertiary/aromatic N) is 3. The molecule has 0 radical (unpaired) electrons. The van der Waals surface area contributed by atoms with Crippen molar-refractivity contribution in [3.63, 3.8) is 0 Å². The molecule has 1 saturated heterocycles.